The fourth-order valence-electron chi connectivity index (χ4n) is 1.46. The summed E-state index contributed by atoms with van der Waals surface area (Å²) in [5.74, 6) is 0.281. The first-order chi connectivity index (χ1) is 8.69. The number of nitrogens with zero attached hydrogens (tertiary/aromatic N) is 1. The van der Waals surface area contributed by atoms with E-state index in [0.717, 1.165) is 5.69 Å². The van der Waals surface area contributed by atoms with Gasteiger partial charge in [-0.1, -0.05) is 0 Å². The van der Waals surface area contributed by atoms with Crippen molar-refractivity contribution in [3.8, 4) is 5.75 Å². The number of nitrogens with one attached hydrogen (secondary N) is 1. The average Bonchev–Trinajstić information content (AvgIpc) is 2.35. The van der Waals surface area contributed by atoms with Gasteiger partial charge in [0.05, 0.1) is 18.1 Å². The van der Waals surface area contributed by atoms with E-state index in [2.05, 4.69) is 5.32 Å². The molecule has 1 rings (SSSR count). The van der Waals surface area contributed by atoms with E-state index in [4.69, 9.17) is 9.47 Å². The predicted octanol–water partition coefficient (Wildman–Crippen LogP) is 2.44. The number of anilines is 1. The summed E-state index contributed by atoms with van der Waals surface area (Å²) in [7, 11) is 0. The molecule has 0 fully saturated rings. The van der Waals surface area contributed by atoms with E-state index in [1.54, 1.807) is 19.1 Å². The third-order valence-electron chi connectivity index (χ3n) is 2.24. The van der Waals surface area contributed by atoms with E-state index in [-0.39, 0.29) is 11.4 Å². The third kappa shape index (κ3) is 4.21. The molecule has 0 aliphatic rings. The highest BCUT2D eigenvalue weighted by Crippen LogP contribution is 2.29. The first kappa shape index (κ1) is 14.2. The van der Waals surface area contributed by atoms with Crippen LogP contribution in [0.5, 0.6) is 5.75 Å². The molecule has 18 heavy (non-hydrogen) atoms. The SMILES string of the molecule is CCOCCNc1ccc([N+](=O)[O-])c(OCC)c1. The normalized spacial score (nSPS) is 10.1. The summed E-state index contributed by atoms with van der Waals surface area (Å²) in [6.07, 6.45) is 0. The molecule has 6 heteroatoms. The number of nitro groups is 1. The molecule has 0 radical (unpaired) electrons. The Morgan fingerprint density at radius 2 is 2.11 bits per heavy atom. The lowest BCUT2D eigenvalue weighted by Crippen LogP contribution is -2.09. The molecule has 1 aromatic rings. The topological polar surface area (TPSA) is 73.6 Å². The molecule has 1 aromatic carbocycles. The zero-order chi connectivity index (χ0) is 13.4. The minimum atomic E-state index is -0.449. The Kier molecular flexibility index (Phi) is 5.93. The average molecular weight is 254 g/mol. The first-order valence-corrected chi connectivity index (χ1v) is 5.91. The van der Waals surface area contributed by atoms with Gasteiger partial charge in [0.1, 0.15) is 0 Å². The Morgan fingerprint density at radius 3 is 2.72 bits per heavy atom. The van der Waals surface area contributed by atoms with Crippen LogP contribution < -0.4 is 10.1 Å². The molecule has 0 aromatic heterocycles. The van der Waals surface area contributed by atoms with Gasteiger partial charge in [-0.3, -0.25) is 10.1 Å². The minimum absolute atomic E-state index is 0.0211. The molecule has 0 aliphatic heterocycles. The Balaban J connectivity index is 2.70. The summed E-state index contributed by atoms with van der Waals surface area (Å²) in [5, 5.41) is 13.9. The standard InChI is InChI=1S/C12H18N2O4/c1-3-17-8-7-13-10-5-6-11(14(15)16)12(9-10)18-4-2/h5-6,9,13H,3-4,7-8H2,1-2H3. The van der Waals surface area contributed by atoms with Gasteiger partial charge in [-0.05, 0) is 19.9 Å². The molecular weight excluding hydrogens is 236 g/mol. The smallest absolute Gasteiger partial charge is 0.311 e. The second-order valence-electron chi connectivity index (χ2n) is 3.50. The predicted molar refractivity (Wildman–Crippen MR) is 69.2 cm³/mol. The second-order valence-corrected chi connectivity index (χ2v) is 3.50. The minimum Gasteiger partial charge on any atom is -0.487 e. The molecule has 0 amide bonds. The van der Waals surface area contributed by atoms with Gasteiger partial charge >= 0.3 is 5.69 Å². The van der Waals surface area contributed by atoms with E-state index in [9.17, 15) is 10.1 Å². The Labute approximate surface area is 106 Å². The quantitative estimate of drug-likeness (QED) is 0.438. The Hall–Kier alpha value is -1.82. The Morgan fingerprint density at radius 1 is 1.33 bits per heavy atom. The number of benzene rings is 1. The van der Waals surface area contributed by atoms with E-state index in [0.29, 0.717) is 26.4 Å². The van der Waals surface area contributed by atoms with Gasteiger partial charge < -0.3 is 14.8 Å². The van der Waals surface area contributed by atoms with Crippen molar-refractivity contribution >= 4 is 11.4 Å². The van der Waals surface area contributed by atoms with Gasteiger partial charge in [0.2, 0.25) is 0 Å². The van der Waals surface area contributed by atoms with E-state index in [1.165, 1.54) is 6.07 Å². The van der Waals surface area contributed by atoms with E-state index in [1.807, 2.05) is 6.92 Å². The molecule has 0 bridgehead atoms. The van der Waals surface area contributed by atoms with Crippen LogP contribution in [0.25, 0.3) is 0 Å². The number of hydrogen-bond acceptors (Lipinski definition) is 5. The molecule has 0 heterocycles. The maximum absolute atomic E-state index is 10.8. The fraction of sp³-hybridized carbons (Fsp3) is 0.500. The molecule has 0 atom stereocenters. The van der Waals surface area contributed by atoms with E-state index >= 15 is 0 Å². The van der Waals surface area contributed by atoms with Gasteiger partial charge in [0.25, 0.3) is 0 Å². The number of nitro benzene ring substituents is 1. The van der Waals surface area contributed by atoms with Crippen LogP contribution in [0.4, 0.5) is 11.4 Å². The van der Waals surface area contributed by atoms with Crippen molar-refractivity contribution in [1.29, 1.82) is 0 Å². The molecule has 100 valence electrons. The van der Waals surface area contributed by atoms with Crippen LogP contribution in [-0.2, 0) is 4.74 Å². The third-order valence-corrected chi connectivity index (χ3v) is 2.24. The van der Waals surface area contributed by atoms with Crippen molar-refractivity contribution in [1.82, 2.24) is 0 Å². The molecule has 0 saturated heterocycles. The molecular formula is C12H18N2O4. The summed E-state index contributed by atoms with van der Waals surface area (Å²) < 4.78 is 10.4. The summed E-state index contributed by atoms with van der Waals surface area (Å²) in [6, 6.07) is 4.73. The number of hydrogen-bond donors (Lipinski definition) is 1. The van der Waals surface area contributed by atoms with Crippen molar-refractivity contribution < 1.29 is 14.4 Å². The number of ether oxygens (including phenoxy) is 2. The number of rotatable bonds is 8. The van der Waals surface area contributed by atoms with Crippen LogP contribution in [0, 0.1) is 10.1 Å². The lowest BCUT2D eigenvalue weighted by molar-refractivity contribution is -0.385. The van der Waals surface area contributed by atoms with Gasteiger partial charge in [-0.25, -0.2) is 0 Å². The van der Waals surface area contributed by atoms with Crippen molar-refractivity contribution in [3.05, 3.63) is 28.3 Å². The lowest BCUT2D eigenvalue weighted by atomic mass is 10.2. The van der Waals surface area contributed by atoms with Gasteiger partial charge in [-0.2, -0.15) is 0 Å². The van der Waals surface area contributed by atoms with Crippen LogP contribution in [0.3, 0.4) is 0 Å². The van der Waals surface area contributed by atoms with Crippen LogP contribution >= 0.6 is 0 Å². The zero-order valence-electron chi connectivity index (χ0n) is 10.6. The van der Waals surface area contributed by atoms with Gasteiger partial charge in [-0.15, -0.1) is 0 Å². The maximum Gasteiger partial charge on any atom is 0.311 e. The van der Waals surface area contributed by atoms with Crippen LogP contribution in [0.1, 0.15) is 13.8 Å². The molecule has 0 aliphatic carbocycles. The zero-order valence-corrected chi connectivity index (χ0v) is 10.6. The van der Waals surface area contributed by atoms with Crippen LogP contribution in [-0.4, -0.2) is 31.3 Å². The van der Waals surface area contributed by atoms with Crippen molar-refractivity contribution in [2.75, 3.05) is 31.7 Å². The van der Waals surface area contributed by atoms with E-state index < -0.39 is 4.92 Å². The largest absolute Gasteiger partial charge is 0.487 e. The lowest BCUT2D eigenvalue weighted by Gasteiger charge is -2.09. The molecule has 0 unspecified atom stereocenters. The summed E-state index contributed by atoms with van der Waals surface area (Å²) in [4.78, 5) is 10.3. The van der Waals surface area contributed by atoms with Crippen LogP contribution in [0.15, 0.2) is 18.2 Å². The first-order valence-electron chi connectivity index (χ1n) is 5.91. The Bertz CT molecular complexity index is 396. The second kappa shape index (κ2) is 7.50. The van der Waals surface area contributed by atoms with Gasteiger partial charge in [0, 0.05) is 31.0 Å². The summed E-state index contributed by atoms with van der Waals surface area (Å²) in [6.45, 7) is 6.03. The van der Waals surface area contributed by atoms with Crippen molar-refractivity contribution in [2.45, 2.75) is 13.8 Å². The molecule has 0 spiro atoms. The monoisotopic (exact) mass is 254 g/mol. The van der Waals surface area contributed by atoms with Crippen molar-refractivity contribution in [2.24, 2.45) is 0 Å². The van der Waals surface area contributed by atoms with Crippen LogP contribution in [0.2, 0.25) is 0 Å². The molecule has 6 nitrogen and oxygen atoms in total. The molecule has 0 saturated carbocycles. The van der Waals surface area contributed by atoms with Crippen molar-refractivity contribution in [3.63, 3.8) is 0 Å². The molecule has 1 N–H and O–H groups in total. The summed E-state index contributed by atoms with van der Waals surface area (Å²) >= 11 is 0. The maximum atomic E-state index is 10.8. The fourth-order valence-corrected chi connectivity index (χ4v) is 1.46. The highest BCUT2D eigenvalue weighted by atomic mass is 16.6. The summed E-state index contributed by atoms with van der Waals surface area (Å²) in [5.41, 5.74) is 0.760. The highest BCUT2D eigenvalue weighted by molar-refractivity contribution is 5.57. The van der Waals surface area contributed by atoms with Gasteiger partial charge in [0.15, 0.2) is 5.75 Å². The highest BCUT2D eigenvalue weighted by Gasteiger charge is 2.14.